The van der Waals surface area contributed by atoms with Gasteiger partial charge >= 0.3 is 0 Å². The summed E-state index contributed by atoms with van der Waals surface area (Å²) >= 11 is 0. The number of allylic oxidation sites excluding steroid dienone is 9. The number of carbonyl (C=O) groups excluding carboxylic acids is 1. The summed E-state index contributed by atoms with van der Waals surface area (Å²) in [6, 6.07) is 0. The first-order chi connectivity index (χ1) is 13.3. The predicted octanol–water partition coefficient (Wildman–Crippen LogP) is 6.92. The number of rotatable bonds is 5. The fourth-order valence-electron chi connectivity index (χ4n) is 4.26. The number of nitrogens with zero attached hydrogens (tertiary/aromatic N) is 1. The maximum Gasteiger partial charge on any atom is 0.246 e. The molecule has 0 atom stereocenters. The van der Waals surface area contributed by atoms with Crippen molar-refractivity contribution in [1.29, 1.82) is 0 Å². The van der Waals surface area contributed by atoms with E-state index in [9.17, 15) is 4.79 Å². The Hall–Kier alpha value is -1.83. The first-order valence-corrected chi connectivity index (χ1v) is 11.0. The molecule has 0 aromatic rings. The summed E-state index contributed by atoms with van der Waals surface area (Å²) in [7, 11) is 0. The van der Waals surface area contributed by atoms with Crippen LogP contribution in [0.15, 0.2) is 58.7 Å². The molecule has 2 heteroatoms. The van der Waals surface area contributed by atoms with E-state index < -0.39 is 0 Å². The van der Waals surface area contributed by atoms with Crippen LogP contribution in [-0.2, 0) is 4.79 Å². The lowest BCUT2D eigenvalue weighted by Gasteiger charge is -2.32. The van der Waals surface area contributed by atoms with Gasteiger partial charge in [-0.3, -0.25) is 4.79 Å². The van der Waals surface area contributed by atoms with Crippen LogP contribution in [0.3, 0.4) is 0 Å². The third kappa shape index (κ3) is 6.96. The minimum atomic E-state index is 0.159. The first-order valence-electron chi connectivity index (χ1n) is 11.0. The highest BCUT2D eigenvalue weighted by Gasteiger charge is 2.26. The third-order valence-electron chi connectivity index (χ3n) is 6.04. The Bertz CT molecular complexity index is 692. The summed E-state index contributed by atoms with van der Waals surface area (Å²) in [6.45, 7) is 12.9. The van der Waals surface area contributed by atoms with E-state index in [1.807, 2.05) is 17.9 Å². The molecule has 1 fully saturated rings. The average molecular weight is 382 g/mol. The Labute approximate surface area is 172 Å². The van der Waals surface area contributed by atoms with Gasteiger partial charge in [0.2, 0.25) is 5.91 Å². The molecule has 0 aromatic heterocycles. The molecule has 0 saturated carbocycles. The lowest BCUT2D eigenvalue weighted by molar-refractivity contribution is -0.126. The Morgan fingerprint density at radius 2 is 1.64 bits per heavy atom. The summed E-state index contributed by atoms with van der Waals surface area (Å²) < 4.78 is 0. The Balaban J connectivity index is 1.95. The molecule has 0 spiro atoms. The van der Waals surface area contributed by atoms with Crippen LogP contribution < -0.4 is 0 Å². The second-order valence-corrected chi connectivity index (χ2v) is 9.16. The van der Waals surface area contributed by atoms with Gasteiger partial charge < -0.3 is 4.90 Å². The fraction of sp³-hybridized carbons (Fsp3) is 0.577. The summed E-state index contributed by atoms with van der Waals surface area (Å²) in [5.74, 6) is 0.159. The van der Waals surface area contributed by atoms with Crippen LogP contribution in [0.25, 0.3) is 0 Å². The van der Waals surface area contributed by atoms with Crippen LogP contribution in [0.5, 0.6) is 0 Å². The van der Waals surface area contributed by atoms with Gasteiger partial charge in [0.05, 0.1) is 0 Å². The van der Waals surface area contributed by atoms with Crippen molar-refractivity contribution in [2.45, 2.75) is 79.6 Å². The summed E-state index contributed by atoms with van der Waals surface area (Å²) in [6.07, 6.45) is 21.1. The van der Waals surface area contributed by atoms with Crippen LogP contribution in [0.4, 0.5) is 0 Å². The van der Waals surface area contributed by atoms with Crippen LogP contribution in [0, 0.1) is 5.41 Å². The maximum absolute atomic E-state index is 12.4. The minimum Gasteiger partial charge on any atom is -0.339 e. The number of carbonyl (C=O) groups is 1. The van der Waals surface area contributed by atoms with Gasteiger partial charge in [0.25, 0.3) is 0 Å². The van der Waals surface area contributed by atoms with Crippen molar-refractivity contribution in [2.24, 2.45) is 5.41 Å². The number of hydrogen-bond acceptors (Lipinski definition) is 1. The Kier molecular flexibility index (Phi) is 8.54. The fourth-order valence-corrected chi connectivity index (χ4v) is 4.26. The largest absolute Gasteiger partial charge is 0.339 e. The normalized spacial score (nSPS) is 22.2. The zero-order valence-electron chi connectivity index (χ0n) is 18.7. The molecule has 1 aliphatic heterocycles. The van der Waals surface area contributed by atoms with Gasteiger partial charge in [-0.25, -0.2) is 0 Å². The predicted molar refractivity (Wildman–Crippen MR) is 121 cm³/mol. The third-order valence-corrected chi connectivity index (χ3v) is 6.04. The number of amides is 1. The number of likely N-dealkylation sites (tertiary alicyclic amines) is 1. The molecule has 0 aromatic carbocycles. The van der Waals surface area contributed by atoms with E-state index >= 15 is 0 Å². The number of hydrogen-bond donors (Lipinski definition) is 0. The van der Waals surface area contributed by atoms with E-state index in [-0.39, 0.29) is 11.3 Å². The molecule has 1 amide bonds. The Morgan fingerprint density at radius 3 is 2.29 bits per heavy atom. The molecule has 2 aliphatic rings. The molecule has 0 radical (unpaired) electrons. The first kappa shape index (κ1) is 22.5. The molecule has 0 N–H and O–H groups in total. The summed E-state index contributed by atoms with van der Waals surface area (Å²) in [5.41, 5.74) is 5.54. The van der Waals surface area contributed by atoms with E-state index in [0.717, 1.165) is 31.5 Å². The van der Waals surface area contributed by atoms with Gasteiger partial charge in [0, 0.05) is 19.2 Å². The molecule has 154 valence electrons. The van der Waals surface area contributed by atoms with E-state index in [1.54, 1.807) is 6.08 Å². The van der Waals surface area contributed by atoms with E-state index in [4.69, 9.17) is 0 Å². The van der Waals surface area contributed by atoms with Crippen LogP contribution in [0.2, 0.25) is 0 Å². The molecule has 28 heavy (non-hydrogen) atoms. The standard InChI is InChI=1S/C26H39NO/c1-21(15-16-24-23(3)14-11-17-26(24,4)5)12-10-13-22(2)20-25(28)27-18-8-6-7-9-19-27/h10,12-13,15-16,20H,6-9,11,14,17-19H2,1-5H3/b13-10+,16-15+,21-12+,22-20+. The zero-order valence-corrected chi connectivity index (χ0v) is 18.7. The molecule has 0 unspecified atom stereocenters. The van der Waals surface area contributed by atoms with Crippen molar-refractivity contribution in [3.63, 3.8) is 0 Å². The quantitative estimate of drug-likeness (QED) is 0.374. The van der Waals surface area contributed by atoms with Gasteiger partial charge in [0.1, 0.15) is 0 Å². The van der Waals surface area contributed by atoms with Crippen LogP contribution in [0.1, 0.15) is 79.6 Å². The highest BCUT2D eigenvalue weighted by Crippen LogP contribution is 2.40. The van der Waals surface area contributed by atoms with E-state index in [1.165, 1.54) is 48.8 Å². The smallest absolute Gasteiger partial charge is 0.246 e. The van der Waals surface area contributed by atoms with Gasteiger partial charge in [-0.05, 0) is 69.4 Å². The molecule has 1 saturated heterocycles. The Morgan fingerprint density at radius 1 is 0.964 bits per heavy atom. The van der Waals surface area contributed by atoms with E-state index in [2.05, 4.69) is 52.0 Å². The minimum absolute atomic E-state index is 0.159. The van der Waals surface area contributed by atoms with Crippen molar-refractivity contribution >= 4 is 5.91 Å². The van der Waals surface area contributed by atoms with Crippen molar-refractivity contribution in [1.82, 2.24) is 4.90 Å². The topological polar surface area (TPSA) is 20.3 Å². The highest BCUT2D eigenvalue weighted by atomic mass is 16.2. The second kappa shape index (κ2) is 10.6. The van der Waals surface area contributed by atoms with Crippen LogP contribution >= 0.6 is 0 Å². The lowest BCUT2D eigenvalue weighted by Crippen LogP contribution is -2.30. The van der Waals surface area contributed by atoms with Crippen molar-refractivity contribution in [2.75, 3.05) is 13.1 Å². The van der Waals surface area contributed by atoms with Gasteiger partial charge in [-0.15, -0.1) is 0 Å². The molecular weight excluding hydrogens is 342 g/mol. The molecule has 2 rings (SSSR count). The SMILES string of the molecule is CC1=C(/C=C/C(C)=C/C=C/C(C)=C/C(=O)N2CCCCCC2)C(C)(C)CCC1. The molecular formula is C26H39NO. The summed E-state index contributed by atoms with van der Waals surface area (Å²) in [5, 5.41) is 0. The van der Waals surface area contributed by atoms with Crippen molar-refractivity contribution in [3.8, 4) is 0 Å². The monoisotopic (exact) mass is 381 g/mol. The second-order valence-electron chi connectivity index (χ2n) is 9.16. The highest BCUT2D eigenvalue weighted by molar-refractivity contribution is 5.88. The van der Waals surface area contributed by atoms with Crippen molar-refractivity contribution in [3.05, 3.63) is 58.7 Å². The van der Waals surface area contributed by atoms with Gasteiger partial charge in [-0.2, -0.15) is 0 Å². The lowest BCUT2D eigenvalue weighted by atomic mass is 9.72. The zero-order chi connectivity index (χ0) is 20.6. The molecule has 0 bridgehead atoms. The molecule has 2 nitrogen and oxygen atoms in total. The van der Waals surface area contributed by atoms with Crippen molar-refractivity contribution < 1.29 is 4.79 Å². The van der Waals surface area contributed by atoms with E-state index in [0.29, 0.717) is 0 Å². The molecule has 1 aliphatic carbocycles. The van der Waals surface area contributed by atoms with Gasteiger partial charge in [-0.1, -0.05) is 68.2 Å². The van der Waals surface area contributed by atoms with Crippen LogP contribution in [-0.4, -0.2) is 23.9 Å². The van der Waals surface area contributed by atoms with Gasteiger partial charge in [0.15, 0.2) is 0 Å². The molecule has 1 heterocycles. The average Bonchev–Trinajstić information content (AvgIpc) is 2.90. The maximum atomic E-state index is 12.4. The summed E-state index contributed by atoms with van der Waals surface area (Å²) in [4.78, 5) is 14.4.